The SMILES string of the molecule is CC(C)(C)NC(=O)N[C@@H](CCCCC/C=C\[C@@H]1C[C@]1(C)C(=O)NS(=O)(=O)C1CC1)C(=O)N1C[C@H](OC(=O)N2Cc3cc(Cl)c(Cl)cc3C2)C[C@H]1C(N)=O. The van der Waals surface area contributed by atoms with Gasteiger partial charge in [0.15, 0.2) is 0 Å². The van der Waals surface area contributed by atoms with Crippen molar-refractivity contribution in [1.29, 1.82) is 0 Å². The summed E-state index contributed by atoms with van der Waals surface area (Å²) in [6.45, 7) is 7.69. The molecule has 4 aliphatic rings. The molecule has 2 aliphatic heterocycles. The van der Waals surface area contributed by atoms with Crippen molar-refractivity contribution >= 4 is 63.1 Å². The summed E-state index contributed by atoms with van der Waals surface area (Å²) in [5, 5.41) is 5.90. The summed E-state index contributed by atoms with van der Waals surface area (Å²) in [6.07, 6.45) is 7.43. The Bertz CT molecular complexity index is 1730. The Labute approximate surface area is 320 Å². The lowest BCUT2D eigenvalue weighted by atomic mass is 10.0. The molecule has 2 heterocycles. The molecule has 5 atom stereocenters. The number of allylic oxidation sites excluding steroid dienone is 2. The maximum atomic E-state index is 14.0. The summed E-state index contributed by atoms with van der Waals surface area (Å²) in [5.74, 6) is -1.72. The molecule has 5 rings (SSSR count). The highest BCUT2D eigenvalue weighted by Gasteiger charge is 2.56. The average Bonchev–Trinajstić information content (AvgIpc) is 3.94. The molecule has 292 valence electrons. The zero-order valence-electron chi connectivity index (χ0n) is 30.6. The number of amides is 6. The molecule has 3 fully saturated rings. The van der Waals surface area contributed by atoms with Crippen molar-refractivity contribution in [1.82, 2.24) is 25.2 Å². The monoisotopic (exact) mass is 796 g/mol. The Morgan fingerprint density at radius 3 is 2.28 bits per heavy atom. The fraction of sp³-hybridized carbons (Fsp3) is 0.639. The van der Waals surface area contributed by atoms with Crippen LogP contribution in [0.5, 0.6) is 0 Å². The molecule has 53 heavy (non-hydrogen) atoms. The second-order valence-corrected chi connectivity index (χ2v) is 18.7. The number of nitrogens with two attached hydrogens (primary N) is 1. The van der Waals surface area contributed by atoms with Gasteiger partial charge in [0.05, 0.1) is 27.3 Å². The Morgan fingerprint density at radius 1 is 1.06 bits per heavy atom. The number of carbonyl (C=O) groups excluding carboxylic acids is 5. The smallest absolute Gasteiger partial charge is 0.410 e. The van der Waals surface area contributed by atoms with Crippen molar-refractivity contribution in [2.24, 2.45) is 17.1 Å². The number of benzene rings is 1. The number of urea groups is 1. The number of likely N-dealkylation sites (tertiary alicyclic amines) is 1. The van der Waals surface area contributed by atoms with E-state index in [1.54, 1.807) is 19.1 Å². The van der Waals surface area contributed by atoms with Gasteiger partial charge in [-0.1, -0.05) is 55.1 Å². The first kappa shape index (κ1) is 40.6. The van der Waals surface area contributed by atoms with Crippen molar-refractivity contribution in [3.63, 3.8) is 0 Å². The molecule has 0 spiro atoms. The Hall–Kier alpha value is -3.56. The molecule has 2 aliphatic carbocycles. The van der Waals surface area contributed by atoms with Gasteiger partial charge in [0.1, 0.15) is 18.2 Å². The van der Waals surface area contributed by atoms with Gasteiger partial charge in [-0.15, -0.1) is 0 Å². The second-order valence-electron chi connectivity index (χ2n) is 15.9. The maximum Gasteiger partial charge on any atom is 0.410 e. The normalized spacial score (nSPS) is 24.5. The first-order valence-corrected chi connectivity index (χ1v) is 20.4. The molecule has 0 bridgehead atoms. The van der Waals surface area contributed by atoms with Crippen molar-refractivity contribution in [3.8, 4) is 0 Å². The topological polar surface area (TPSA) is 197 Å². The van der Waals surface area contributed by atoms with Gasteiger partial charge in [0.25, 0.3) is 0 Å². The van der Waals surface area contributed by atoms with Crippen molar-refractivity contribution in [2.75, 3.05) is 6.54 Å². The van der Waals surface area contributed by atoms with E-state index in [1.165, 1.54) is 9.80 Å². The van der Waals surface area contributed by atoms with Crippen LogP contribution in [-0.4, -0.2) is 83.6 Å². The van der Waals surface area contributed by atoms with Crippen LogP contribution in [0.3, 0.4) is 0 Å². The predicted octanol–water partition coefficient (Wildman–Crippen LogP) is 4.51. The van der Waals surface area contributed by atoms with E-state index in [0.717, 1.165) is 30.4 Å². The predicted molar refractivity (Wildman–Crippen MR) is 199 cm³/mol. The van der Waals surface area contributed by atoms with Gasteiger partial charge >= 0.3 is 12.1 Å². The van der Waals surface area contributed by atoms with E-state index < -0.39 is 74.3 Å². The number of primary amides is 1. The number of unbranched alkanes of at least 4 members (excludes halogenated alkanes) is 3. The average molecular weight is 798 g/mol. The highest BCUT2D eigenvalue weighted by atomic mass is 35.5. The van der Waals surface area contributed by atoms with Gasteiger partial charge in [-0.25, -0.2) is 18.0 Å². The molecule has 14 nitrogen and oxygen atoms in total. The molecule has 6 amide bonds. The Balaban J connectivity index is 1.13. The molecule has 1 aromatic carbocycles. The molecule has 0 unspecified atom stereocenters. The van der Waals surface area contributed by atoms with Crippen LogP contribution in [0, 0.1) is 11.3 Å². The van der Waals surface area contributed by atoms with Gasteiger partial charge in [-0.3, -0.25) is 24.0 Å². The molecule has 0 radical (unpaired) electrons. The molecule has 0 aromatic heterocycles. The third kappa shape index (κ3) is 10.4. The summed E-state index contributed by atoms with van der Waals surface area (Å²) in [4.78, 5) is 67.9. The van der Waals surface area contributed by atoms with Crippen LogP contribution in [0.15, 0.2) is 24.3 Å². The lowest BCUT2D eigenvalue weighted by Crippen LogP contribution is -2.56. The summed E-state index contributed by atoms with van der Waals surface area (Å²) >= 11 is 12.3. The van der Waals surface area contributed by atoms with Crippen LogP contribution < -0.4 is 21.1 Å². The minimum atomic E-state index is -3.59. The number of ether oxygens (including phenoxy) is 1. The molecule has 2 saturated carbocycles. The molecular formula is C36H50Cl2N6O8S. The summed E-state index contributed by atoms with van der Waals surface area (Å²) in [5.41, 5.74) is 6.12. The molecule has 1 saturated heterocycles. The third-order valence-corrected chi connectivity index (χ3v) is 12.7. The minimum Gasteiger partial charge on any atom is -0.444 e. The first-order valence-electron chi connectivity index (χ1n) is 18.1. The number of halogens is 2. The number of nitrogens with one attached hydrogen (secondary N) is 3. The van der Waals surface area contributed by atoms with Gasteiger partial charge in [0, 0.05) is 25.0 Å². The van der Waals surface area contributed by atoms with Gasteiger partial charge in [0.2, 0.25) is 27.7 Å². The standard InChI is InChI=1S/C36H50Cl2N6O8S/c1-35(2,3)41-33(48)40-28(11-9-7-5-6-8-10-23-17-36(23,4)32(47)42-53(50,51)25-12-13-25)31(46)44-20-24(16-29(44)30(39)45)52-34(49)43-18-21-14-26(37)27(38)15-22(21)19-43/h8,10,14-15,23-25,28-29H,5-7,9,11-13,16-20H2,1-4H3,(H2,39,45)(H,42,47)(H2,40,41,48)/b10-8-/t23-,24-,28+,29+,36+/m1/s1. The van der Waals surface area contributed by atoms with Crippen LogP contribution in [-0.2, 0) is 42.2 Å². The van der Waals surface area contributed by atoms with E-state index in [4.69, 9.17) is 33.7 Å². The number of nitrogens with zero attached hydrogens (tertiary/aromatic N) is 2. The van der Waals surface area contributed by atoms with Crippen molar-refractivity contribution in [2.45, 2.75) is 128 Å². The summed E-state index contributed by atoms with van der Waals surface area (Å²) < 4.78 is 32.4. The minimum absolute atomic E-state index is 0.0243. The molecule has 5 N–H and O–H groups in total. The van der Waals surface area contributed by atoms with Crippen LogP contribution in [0.4, 0.5) is 9.59 Å². The van der Waals surface area contributed by atoms with Crippen LogP contribution in [0.1, 0.15) is 96.6 Å². The summed E-state index contributed by atoms with van der Waals surface area (Å²) in [7, 11) is -3.59. The van der Waals surface area contributed by atoms with E-state index in [1.807, 2.05) is 32.9 Å². The number of carbonyl (C=O) groups is 5. The number of hydrogen-bond donors (Lipinski definition) is 4. The van der Waals surface area contributed by atoms with Gasteiger partial charge in [-0.05, 0) is 88.5 Å². The highest BCUT2D eigenvalue weighted by Crippen LogP contribution is 2.53. The van der Waals surface area contributed by atoms with Crippen LogP contribution in [0.25, 0.3) is 0 Å². The van der Waals surface area contributed by atoms with Crippen molar-refractivity contribution in [3.05, 3.63) is 45.5 Å². The highest BCUT2D eigenvalue weighted by molar-refractivity contribution is 7.90. The lowest BCUT2D eigenvalue weighted by Gasteiger charge is -2.29. The maximum absolute atomic E-state index is 14.0. The number of fused-ring (bicyclic) bond motifs is 1. The zero-order chi connectivity index (χ0) is 38.9. The van der Waals surface area contributed by atoms with Crippen LogP contribution >= 0.6 is 23.2 Å². The third-order valence-electron chi connectivity index (χ3n) is 10.2. The van der Waals surface area contributed by atoms with Gasteiger partial charge < -0.3 is 26.0 Å². The van der Waals surface area contributed by atoms with E-state index in [9.17, 15) is 32.4 Å². The number of sulfonamides is 1. The lowest BCUT2D eigenvalue weighted by molar-refractivity contribution is -0.139. The Kier molecular flexibility index (Phi) is 12.3. The molecular weight excluding hydrogens is 747 g/mol. The molecule has 17 heteroatoms. The molecule has 1 aromatic rings. The van der Waals surface area contributed by atoms with Crippen molar-refractivity contribution < 1.29 is 37.1 Å². The van der Waals surface area contributed by atoms with E-state index >= 15 is 0 Å². The quantitative estimate of drug-likeness (QED) is 0.156. The second kappa shape index (κ2) is 16.0. The van der Waals surface area contributed by atoms with Crippen LogP contribution in [0.2, 0.25) is 10.0 Å². The largest absolute Gasteiger partial charge is 0.444 e. The first-order chi connectivity index (χ1) is 24.8. The van der Waals surface area contributed by atoms with E-state index in [2.05, 4.69) is 15.4 Å². The number of hydrogen-bond acceptors (Lipinski definition) is 8. The Morgan fingerprint density at radius 2 is 1.70 bits per heavy atom. The zero-order valence-corrected chi connectivity index (χ0v) is 32.9. The van der Waals surface area contributed by atoms with E-state index in [-0.39, 0.29) is 32.0 Å². The fourth-order valence-corrected chi connectivity index (χ4v) is 8.61. The van der Waals surface area contributed by atoms with E-state index in [0.29, 0.717) is 42.1 Å². The number of rotatable bonds is 14. The summed E-state index contributed by atoms with van der Waals surface area (Å²) in [6, 6.07) is 0.893. The fourth-order valence-electron chi connectivity index (χ4n) is 6.82. The van der Waals surface area contributed by atoms with Gasteiger partial charge in [-0.2, -0.15) is 0 Å².